The van der Waals surface area contributed by atoms with Crippen molar-refractivity contribution >= 4 is 40.0 Å². The molecule has 1 rings (SSSR count). The number of carbonyl (C=O) groups excluding carboxylic acids is 2. The van der Waals surface area contributed by atoms with Crippen molar-refractivity contribution in [2.45, 2.75) is 33.1 Å². The van der Waals surface area contributed by atoms with Gasteiger partial charge in [-0.1, -0.05) is 17.8 Å². The molecule has 0 radical (unpaired) electrons. The van der Waals surface area contributed by atoms with Crippen molar-refractivity contribution in [1.82, 2.24) is 4.98 Å². The predicted octanol–water partition coefficient (Wildman–Crippen LogP) is 3.47. The molecular formula is C14H22N2O3S2. The molecular weight excluding hydrogens is 308 g/mol. The van der Waals surface area contributed by atoms with E-state index in [1.807, 2.05) is 11.8 Å². The quantitative estimate of drug-likeness (QED) is 0.402. The molecule has 1 aromatic rings. The van der Waals surface area contributed by atoms with Gasteiger partial charge >= 0.3 is 5.97 Å². The number of rotatable bonds is 10. The zero-order chi connectivity index (χ0) is 15.7. The third-order valence-corrected chi connectivity index (χ3v) is 4.53. The number of aromatic nitrogens is 1. The number of esters is 1. The maximum Gasteiger partial charge on any atom is 0.358 e. The van der Waals surface area contributed by atoms with Crippen LogP contribution in [0.1, 0.15) is 53.3 Å². The second-order valence-electron chi connectivity index (χ2n) is 4.45. The van der Waals surface area contributed by atoms with Gasteiger partial charge in [-0.25, -0.2) is 9.78 Å². The Morgan fingerprint density at radius 2 is 2.10 bits per heavy atom. The average molecular weight is 330 g/mol. The number of anilines is 1. The summed E-state index contributed by atoms with van der Waals surface area (Å²) in [6, 6.07) is 0. The number of hydrogen-bond acceptors (Lipinski definition) is 7. The smallest absolute Gasteiger partial charge is 0.358 e. The zero-order valence-corrected chi connectivity index (χ0v) is 14.4. The van der Waals surface area contributed by atoms with E-state index in [2.05, 4.69) is 16.6 Å². The van der Waals surface area contributed by atoms with Crippen molar-refractivity contribution in [2.24, 2.45) is 0 Å². The van der Waals surface area contributed by atoms with E-state index in [9.17, 15) is 9.59 Å². The summed E-state index contributed by atoms with van der Waals surface area (Å²) in [5.41, 5.74) is 0.124. The first-order valence-corrected chi connectivity index (χ1v) is 9.22. The summed E-state index contributed by atoms with van der Waals surface area (Å²) in [7, 11) is 0. The Kier molecular flexibility index (Phi) is 8.37. The third-order valence-electron chi connectivity index (χ3n) is 2.72. The Bertz CT molecular complexity index is 475. The first-order chi connectivity index (χ1) is 10.1. The molecule has 0 aromatic carbocycles. The Balaban J connectivity index is 2.57. The van der Waals surface area contributed by atoms with Crippen molar-refractivity contribution in [1.29, 1.82) is 0 Å². The van der Waals surface area contributed by atoms with Gasteiger partial charge in [-0.15, -0.1) is 0 Å². The molecule has 21 heavy (non-hydrogen) atoms. The minimum atomic E-state index is -0.535. The van der Waals surface area contributed by atoms with E-state index in [1.54, 1.807) is 6.92 Å². The van der Waals surface area contributed by atoms with Crippen molar-refractivity contribution in [3.8, 4) is 0 Å². The molecule has 5 nitrogen and oxygen atoms in total. The second kappa shape index (κ2) is 9.78. The summed E-state index contributed by atoms with van der Waals surface area (Å²) in [5, 5.41) is 3.78. The van der Waals surface area contributed by atoms with Crippen LogP contribution in [0.2, 0.25) is 0 Å². The highest BCUT2D eigenvalue weighted by atomic mass is 32.2. The summed E-state index contributed by atoms with van der Waals surface area (Å²) in [6.45, 7) is 4.22. The lowest BCUT2D eigenvalue weighted by Crippen LogP contribution is -2.09. The molecule has 0 unspecified atom stereocenters. The van der Waals surface area contributed by atoms with Crippen LogP contribution in [0.25, 0.3) is 0 Å². The van der Waals surface area contributed by atoms with Crippen LogP contribution in [0.4, 0.5) is 5.13 Å². The van der Waals surface area contributed by atoms with Crippen molar-refractivity contribution in [3.63, 3.8) is 0 Å². The summed E-state index contributed by atoms with van der Waals surface area (Å²) in [6.07, 6.45) is 5.51. The third kappa shape index (κ3) is 6.05. The number of nitrogens with zero attached hydrogens (tertiary/aromatic N) is 1. The number of thioether (sulfide) groups is 1. The Morgan fingerprint density at radius 1 is 1.33 bits per heavy atom. The maximum atomic E-state index is 11.8. The predicted molar refractivity (Wildman–Crippen MR) is 88.8 cm³/mol. The van der Waals surface area contributed by atoms with E-state index in [0.29, 0.717) is 10.0 Å². The van der Waals surface area contributed by atoms with E-state index in [1.165, 1.54) is 30.4 Å². The first-order valence-electron chi connectivity index (χ1n) is 7.01. The standard InChI is InChI=1S/C14H22N2O3S2/c1-4-19-13(18)11-12(10(2)17)21-14(16-11)15-8-6-5-7-9-20-3/h4-9H2,1-3H3,(H,15,16). The van der Waals surface area contributed by atoms with Crippen LogP contribution in [0.15, 0.2) is 0 Å². The molecule has 1 N–H and O–H groups in total. The Morgan fingerprint density at radius 3 is 2.71 bits per heavy atom. The average Bonchev–Trinajstić information content (AvgIpc) is 2.87. The fourth-order valence-corrected chi connectivity index (χ4v) is 3.08. The summed E-state index contributed by atoms with van der Waals surface area (Å²) in [5.74, 6) is 0.481. The minimum Gasteiger partial charge on any atom is -0.461 e. The number of unbranched alkanes of at least 4 members (excludes halogenated alkanes) is 2. The van der Waals surface area contributed by atoms with E-state index < -0.39 is 5.97 Å². The molecule has 1 aromatic heterocycles. The molecule has 0 amide bonds. The lowest BCUT2D eigenvalue weighted by atomic mass is 10.2. The van der Waals surface area contributed by atoms with Gasteiger partial charge < -0.3 is 10.1 Å². The highest BCUT2D eigenvalue weighted by Crippen LogP contribution is 2.24. The van der Waals surface area contributed by atoms with E-state index in [4.69, 9.17) is 4.74 Å². The Labute approximate surface area is 133 Å². The molecule has 1 heterocycles. The summed E-state index contributed by atoms with van der Waals surface area (Å²) in [4.78, 5) is 27.9. The lowest BCUT2D eigenvalue weighted by molar-refractivity contribution is 0.0517. The van der Waals surface area contributed by atoms with Crippen LogP contribution in [-0.2, 0) is 4.74 Å². The molecule has 0 aliphatic rings. The van der Waals surface area contributed by atoms with Gasteiger partial charge in [0, 0.05) is 13.5 Å². The van der Waals surface area contributed by atoms with E-state index in [-0.39, 0.29) is 18.1 Å². The fourth-order valence-electron chi connectivity index (χ4n) is 1.72. The molecule has 118 valence electrons. The van der Waals surface area contributed by atoms with Gasteiger partial charge in [0.2, 0.25) is 0 Å². The van der Waals surface area contributed by atoms with Crippen LogP contribution in [0.3, 0.4) is 0 Å². The van der Waals surface area contributed by atoms with Gasteiger partial charge in [0.25, 0.3) is 0 Å². The highest BCUT2D eigenvalue weighted by molar-refractivity contribution is 7.98. The van der Waals surface area contributed by atoms with Crippen LogP contribution in [0.5, 0.6) is 0 Å². The van der Waals surface area contributed by atoms with Gasteiger partial charge in [-0.05, 0) is 31.8 Å². The largest absolute Gasteiger partial charge is 0.461 e. The molecule has 0 bridgehead atoms. The summed E-state index contributed by atoms with van der Waals surface area (Å²) >= 11 is 3.07. The monoisotopic (exact) mass is 330 g/mol. The lowest BCUT2D eigenvalue weighted by Gasteiger charge is -2.02. The van der Waals surface area contributed by atoms with Crippen LogP contribution in [-0.4, -0.2) is 41.9 Å². The number of nitrogens with one attached hydrogen (secondary N) is 1. The zero-order valence-electron chi connectivity index (χ0n) is 12.7. The van der Waals surface area contributed by atoms with Crippen LogP contribution in [0, 0.1) is 0 Å². The first kappa shape index (κ1) is 18.0. The maximum absolute atomic E-state index is 11.8. The number of ketones is 1. The van der Waals surface area contributed by atoms with E-state index >= 15 is 0 Å². The van der Waals surface area contributed by atoms with Crippen molar-refractivity contribution < 1.29 is 14.3 Å². The van der Waals surface area contributed by atoms with Gasteiger partial charge in [0.05, 0.1) is 6.61 Å². The molecule has 0 aliphatic heterocycles. The van der Waals surface area contributed by atoms with Gasteiger partial charge in [0.15, 0.2) is 16.6 Å². The molecule has 0 fully saturated rings. The number of Topliss-reactive ketones (excluding diaryl/α,β-unsaturated/α-hetero) is 1. The van der Waals surface area contributed by atoms with Crippen LogP contribution < -0.4 is 5.32 Å². The molecule has 0 spiro atoms. The molecule has 0 atom stereocenters. The topological polar surface area (TPSA) is 68.3 Å². The highest BCUT2D eigenvalue weighted by Gasteiger charge is 2.22. The second-order valence-corrected chi connectivity index (χ2v) is 6.44. The fraction of sp³-hybridized carbons (Fsp3) is 0.643. The normalized spacial score (nSPS) is 10.4. The molecule has 0 saturated carbocycles. The molecule has 7 heteroatoms. The Hall–Kier alpha value is -1.08. The van der Waals surface area contributed by atoms with E-state index in [0.717, 1.165) is 19.4 Å². The number of ether oxygens (including phenoxy) is 1. The SMILES string of the molecule is CCOC(=O)c1nc(NCCCCCSC)sc1C(C)=O. The van der Waals surface area contributed by atoms with Crippen molar-refractivity contribution in [3.05, 3.63) is 10.6 Å². The number of carbonyl (C=O) groups is 2. The van der Waals surface area contributed by atoms with Gasteiger partial charge in [0.1, 0.15) is 4.88 Å². The minimum absolute atomic E-state index is 0.124. The van der Waals surface area contributed by atoms with Gasteiger partial charge in [-0.2, -0.15) is 11.8 Å². The van der Waals surface area contributed by atoms with Gasteiger partial charge in [-0.3, -0.25) is 4.79 Å². The number of thiazole rings is 1. The molecule has 0 aliphatic carbocycles. The van der Waals surface area contributed by atoms with Crippen LogP contribution >= 0.6 is 23.1 Å². The van der Waals surface area contributed by atoms with Crippen molar-refractivity contribution in [2.75, 3.05) is 30.5 Å². The molecule has 0 saturated heterocycles. The number of hydrogen-bond donors (Lipinski definition) is 1. The summed E-state index contributed by atoms with van der Waals surface area (Å²) < 4.78 is 4.92.